The van der Waals surface area contributed by atoms with Gasteiger partial charge in [-0.1, -0.05) is 41.9 Å². The Morgan fingerprint density at radius 1 is 1.17 bits per heavy atom. The first-order valence-corrected chi connectivity index (χ1v) is 7.46. The second-order valence-corrected chi connectivity index (χ2v) is 5.68. The zero-order valence-corrected chi connectivity index (χ0v) is 12.7. The Kier molecular flexibility index (Phi) is 3.09. The molecule has 0 amide bonds. The number of halogens is 1. The molecule has 0 bridgehead atoms. The highest BCUT2D eigenvalue weighted by Crippen LogP contribution is 2.36. The maximum Gasteiger partial charge on any atom is 0.352 e. The van der Waals surface area contributed by atoms with E-state index in [9.17, 15) is 9.90 Å². The number of hydrogen-bond acceptors (Lipinski definition) is 3. The van der Waals surface area contributed by atoms with E-state index in [1.54, 1.807) is 12.1 Å². The van der Waals surface area contributed by atoms with Crippen molar-refractivity contribution in [2.75, 3.05) is 5.32 Å². The van der Waals surface area contributed by atoms with Gasteiger partial charge in [0.15, 0.2) is 0 Å². The van der Waals surface area contributed by atoms with E-state index in [0.29, 0.717) is 11.0 Å². The molecule has 1 unspecified atom stereocenters. The number of carboxylic acids is 1. The van der Waals surface area contributed by atoms with Gasteiger partial charge in [0.1, 0.15) is 5.70 Å². The molecule has 1 aliphatic heterocycles. The van der Waals surface area contributed by atoms with E-state index in [-0.39, 0.29) is 11.7 Å². The van der Waals surface area contributed by atoms with Crippen LogP contribution in [-0.4, -0.2) is 20.6 Å². The van der Waals surface area contributed by atoms with Gasteiger partial charge in [0.25, 0.3) is 0 Å². The lowest BCUT2D eigenvalue weighted by Crippen LogP contribution is -2.23. The quantitative estimate of drug-likeness (QED) is 0.754. The van der Waals surface area contributed by atoms with Crippen molar-refractivity contribution in [3.05, 3.63) is 70.9 Å². The monoisotopic (exact) mass is 325 g/mol. The van der Waals surface area contributed by atoms with Crippen LogP contribution in [-0.2, 0) is 4.79 Å². The highest BCUT2D eigenvalue weighted by atomic mass is 35.5. The van der Waals surface area contributed by atoms with E-state index < -0.39 is 5.97 Å². The zero-order chi connectivity index (χ0) is 16.0. The molecule has 0 aliphatic carbocycles. The summed E-state index contributed by atoms with van der Waals surface area (Å²) in [4.78, 5) is 15.9. The van der Waals surface area contributed by atoms with Crippen LogP contribution in [0, 0.1) is 0 Å². The largest absolute Gasteiger partial charge is 0.477 e. The van der Waals surface area contributed by atoms with Crippen LogP contribution in [0.4, 0.5) is 5.95 Å². The third-order valence-electron chi connectivity index (χ3n) is 3.90. The molecule has 0 radical (unpaired) electrons. The van der Waals surface area contributed by atoms with Crippen LogP contribution >= 0.6 is 11.6 Å². The highest BCUT2D eigenvalue weighted by Gasteiger charge is 2.28. The minimum atomic E-state index is -1.03. The lowest BCUT2D eigenvalue weighted by atomic mass is 10.0. The van der Waals surface area contributed by atoms with E-state index in [1.807, 2.05) is 47.0 Å². The van der Waals surface area contributed by atoms with Crippen molar-refractivity contribution in [1.29, 1.82) is 0 Å². The number of anilines is 1. The first kappa shape index (κ1) is 13.8. The summed E-state index contributed by atoms with van der Waals surface area (Å²) < 4.78 is 1.96. The van der Waals surface area contributed by atoms with Crippen molar-refractivity contribution < 1.29 is 9.90 Å². The average molecular weight is 326 g/mol. The number of imidazole rings is 1. The number of benzene rings is 2. The van der Waals surface area contributed by atoms with E-state index in [0.717, 1.165) is 16.6 Å². The number of rotatable bonds is 2. The van der Waals surface area contributed by atoms with Crippen molar-refractivity contribution >= 4 is 34.6 Å². The second-order valence-electron chi connectivity index (χ2n) is 5.27. The second kappa shape index (κ2) is 5.14. The molecule has 114 valence electrons. The van der Waals surface area contributed by atoms with Crippen LogP contribution in [0.15, 0.2) is 60.3 Å². The van der Waals surface area contributed by atoms with Crippen molar-refractivity contribution in [3.63, 3.8) is 0 Å². The Morgan fingerprint density at radius 2 is 1.91 bits per heavy atom. The predicted molar refractivity (Wildman–Crippen MR) is 88.7 cm³/mol. The van der Waals surface area contributed by atoms with E-state index >= 15 is 0 Å². The van der Waals surface area contributed by atoms with Crippen LogP contribution < -0.4 is 5.32 Å². The van der Waals surface area contributed by atoms with Gasteiger partial charge in [-0.15, -0.1) is 0 Å². The lowest BCUT2D eigenvalue weighted by molar-refractivity contribution is -0.132. The molecule has 4 rings (SSSR count). The summed E-state index contributed by atoms with van der Waals surface area (Å²) in [6.45, 7) is 0. The number of aliphatic carboxylic acids is 1. The van der Waals surface area contributed by atoms with Gasteiger partial charge in [0.2, 0.25) is 5.95 Å². The summed E-state index contributed by atoms with van der Waals surface area (Å²) in [5, 5.41) is 12.8. The molecular formula is C17H12ClN3O2. The molecule has 5 nitrogen and oxygen atoms in total. The number of para-hydroxylation sites is 2. The summed E-state index contributed by atoms with van der Waals surface area (Å²) >= 11 is 6.34. The maximum atomic E-state index is 11.4. The van der Waals surface area contributed by atoms with Crippen molar-refractivity contribution in [3.8, 4) is 0 Å². The predicted octanol–water partition coefficient (Wildman–Crippen LogP) is 3.67. The number of aromatic nitrogens is 2. The smallest absolute Gasteiger partial charge is 0.352 e. The van der Waals surface area contributed by atoms with Crippen LogP contribution in [0.3, 0.4) is 0 Å². The summed E-state index contributed by atoms with van der Waals surface area (Å²) in [5.74, 6) is -0.531. The van der Waals surface area contributed by atoms with E-state index in [1.165, 1.54) is 0 Å². The van der Waals surface area contributed by atoms with E-state index in [4.69, 9.17) is 11.6 Å². The van der Waals surface area contributed by atoms with Crippen molar-refractivity contribution in [1.82, 2.24) is 9.55 Å². The Balaban J connectivity index is 2.00. The minimum absolute atomic E-state index is 0.0951. The van der Waals surface area contributed by atoms with Crippen molar-refractivity contribution in [2.45, 2.75) is 6.04 Å². The molecule has 2 aromatic carbocycles. The van der Waals surface area contributed by atoms with Crippen LogP contribution in [0.1, 0.15) is 11.6 Å². The number of nitrogens with zero attached hydrogens (tertiary/aromatic N) is 2. The molecule has 6 heteroatoms. The molecular weight excluding hydrogens is 314 g/mol. The van der Waals surface area contributed by atoms with Crippen LogP contribution in [0.25, 0.3) is 11.0 Å². The third kappa shape index (κ3) is 2.17. The first-order chi connectivity index (χ1) is 11.1. The molecule has 1 aromatic heterocycles. The summed E-state index contributed by atoms with van der Waals surface area (Å²) in [6.07, 6.45) is 1.66. The maximum absolute atomic E-state index is 11.4. The highest BCUT2D eigenvalue weighted by molar-refractivity contribution is 6.31. The van der Waals surface area contributed by atoms with Gasteiger partial charge in [-0.3, -0.25) is 4.57 Å². The van der Waals surface area contributed by atoms with Gasteiger partial charge >= 0.3 is 5.97 Å². The van der Waals surface area contributed by atoms with Crippen molar-refractivity contribution in [2.24, 2.45) is 0 Å². The number of fused-ring (bicyclic) bond motifs is 3. The van der Waals surface area contributed by atoms with Gasteiger partial charge in [-0.25, -0.2) is 9.78 Å². The Bertz CT molecular complexity index is 961. The molecule has 1 atom stereocenters. The lowest BCUT2D eigenvalue weighted by Gasteiger charge is -2.25. The summed E-state index contributed by atoms with van der Waals surface area (Å²) in [6, 6.07) is 14.8. The van der Waals surface area contributed by atoms with Gasteiger partial charge in [-0.2, -0.15) is 0 Å². The van der Waals surface area contributed by atoms with Gasteiger partial charge < -0.3 is 10.4 Å². The molecule has 0 fully saturated rings. The number of hydrogen-bond donors (Lipinski definition) is 2. The fraction of sp³-hybridized carbons (Fsp3) is 0.0588. The SMILES string of the molecule is O=C(O)C1=CC(c2ccccc2Cl)n2c(nc3ccccc32)N1. The zero-order valence-electron chi connectivity index (χ0n) is 11.9. The number of carboxylic acid groups (broad SMARTS) is 1. The third-order valence-corrected chi connectivity index (χ3v) is 4.24. The molecule has 2 N–H and O–H groups in total. The molecule has 23 heavy (non-hydrogen) atoms. The molecule has 0 spiro atoms. The Labute approximate surface area is 136 Å². The average Bonchev–Trinajstić information content (AvgIpc) is 2.93. The minimum Gasteiger partial charge on any atom is -0.477 e. The fourth-order valence-corrected chi connectivity index (χ4v) is 3.12. The molecule has 0 saturated heterocycles. The summed E-state index contributed by atoms with van der Waals surface area (Å²) in [7, 11) is 0. The number of nitrogens with one attached hydrogen (secondary N) is 1. The fourth-order valence-electron chi connectivity index (χ4n) is 2.88. The Morgan fingerprint density at radius 3 is 2.70 bits per heavy atom. The van der Waals surface area contributed by atoms with Gasteiger partial charge in [-0.05, 0) is 29.8 Å². The molecule has 0 saturated carbocycles. The van der Waals surface area contributed by atoms with Crippen LogP contribution in [0.2, 0.25) is 5.02 Å². The number of allylic oxidation sites excluding steroid dienone is 1. The van der Waals surface area contributed by atoms with Gasteiger partial charge in [0, 0.05) is 5.02 Å². The van der Waals surface area contributed by atoms with E-state index in [2.05, 4.69) is 10.3 Å². The Hall–Kier alpha value is -2.79. The molecule has 2 heterocycles. The molecule has 1 aliphatic rings. The standard InChI is InChI=1S/C17H12ClN3O2/c18-11-6-2-1-5-10(11)15-9-13(16(22)23)20-17-19-12-7-3-4-8-14(12)21(15)17/h1-9,15H,(H,19,20)(H,22,23). The molecule has 3 aromatic rings. The first-order valence-electron chi connectivity index (χ1n) is 7.08. The topological polar surface area (TPSA) is 67.1 Å². The van der Waals surface area contributed by atoms with Crippen LogP contribution in [0.5, 0.6) is 0 Å². The normalized spacial score (nSPS) is 16.6. The summed E-state index contributed by atoms with van der Waals surface area (Å²) in [5.41, 5.74) is 2.64. The number of carbonyl (C=O) groups is 1. The van der Waals surface area contributed by atoms with Gasteiger partial charge in [0.05, 0.1) is 17.1 Å².